The number of nitrogens with one attached hydrogen (secondary N) is 2. The molecule has 2 heterocycles. The van der Waals surface area contributed by atoms with Gasteiger partial charge in [0.25, 0.3) is 5.91 Å². The van der Waals surface area contributed by atoms with Gasteiger partial charge in [-0.25, -0.2) is 9.97 Å². The van der Waals surface area contributed by atoms with E-state index in [1.807, 2.05) is 42.5 Å². The maximum Gasteiger partial charge on any atom is 0.254 e. The van der Waals surface area contributed by atoms with E-state index in [4.69, 9.17) is 0 Å². The van der Waals surface area contributed by atoms with Crippen LogP contribution in [0.2, 0.25) is 0 Å². The number of anilines is 1. The Bertz CT molecular complexity index is 776. The number of carbonyl (C=O) groups excluding carboxylic acids is 1. The van der Waals surface area contributed by atoms with Gasteiger partial charge >= 0.3 is 0 Å². The Morgan fingerprint density at radius 2 is 1.54 bits per heavy atom. The van der Waals surface area contributed by atoms with Crippen LogP contribution in [0, 0.1) is 0 Å². The van der Waals surface area contributed by atoms with Crippen molar-refractivity contribution < 1.29 is 4.79 Å². The summed E-state index contributed by atoms with van der Waals surface area (Å²) < 4.78 is 0. The fourth-order valence-corrected chi connectivity index (χ4v) is 2.10. The van der Waals surface area contributed by atoms with Gasteiger partial charge < -0.3 is 10.6 Å². The maximum absolute atomic E-state index is 12.1. The summed E-state index contributed by atoms with van der Waals surface area (Å²) in [6, 6.07) is 13.6. The van der Waals surface area contributed by atoms with E-state index in [9.17, 15) is 4.79 Å². The molecule has 0 atom stereocenters. The first-order chi connectivity index (χ1) is 11.8. The van der Waals surface area contributed by atoms with E-state index in [0.717, 1.165) is 11.1 Å². The summed E-state index contributed by atoms with van der Waals surface area (Å²) in [5.41, 5.74) is 2.56. The SMILES string of the molecule is O=C(NCc1ccccc1)c1cnc(NCc2ccncc2)nc1. The minimum absolute atomic E-state index is 0.195. The Kier molecular flexibility index (Phi) is 5.09. The summed E-state index contributed by atoms with van der Waals surface area (Å²) >= 11 is 0. The van der Waals surface area contributed by atoms with Gasteiger partial charge in [0.1, 0.15) is 0 Å². The predicted molar refractivity (Wildman–Crippen MR) is 91.2 cm³/mol. The molecule has 2 N–H and O–H groups in total. The van der Waals surface area contributed by atoms with Gasteiger partial charge in [-0.15, -0.1) is 0 Å². The molecule has 0 spiro atoms. The molecule has 0 aliphatic heterocycles. The van der Waals surface area contributed by atoms with Crippen molar-refractivity contribution in [1.82, 2.24) is 20.3 Å². The topological polar surface area (TPSA) is 79.8 Å². The van der Waals surface area contributed by atoms with Crippen LogP contribution >= 0.6 is 0 Å². The number of benzene rings is 1. The number of aromatic nitrogens is 3. The van der Waals surface area contributed by atoms with Gasteiger partial charge in [-0.3, -0.25) is 9.78 Å². The van der Waals surface area contributed by atoms with Crippen molar-refractivity contribution in [1.29, 1.82) is 0 Å². The number of amides is 1. The highest BCUT2D eigenvalue weighted by Gasteiger charge is 2.07. The number of hydrogen-bond acceptors (Lipinski definition) is 5. The second-order valence-corrected chi connectivity index (χ2v) is 5.17. The molecule has 0 saturated carbocycles. The van der Waals surface area contributed by atoms with Crippen molar-refractivity contribution in [2.75, 3.05) is 5.32 Å². The van der Waals surface area contributed by atoms with E-state index < -0.39 is 0 Å². The summed E-state index contributed by atoms with van der Waals surface area (Å²) in [6.45, 7) is 1.07. The summed E-state index contributed by atoms with van der Waals surface area (Å²) in [7, 11) is 0. The van der Waals surface area contributed by atoms with Crippen LogP contribution in [0.1, 0.15) is 21.5 Å². The predicted octanol–water partition coefficient (Wildman–Crippen LogP) is 2.41. The summed E-state index contributed by atoms with van der Waals surface area (Å²) in [5, 5.41) is 5.95. The Hall–Kier alpha value is -3.28. The molecule has 3 rings (SSSR count). The van der Waals surface area contributed by atoms with Crippen LogP contribution < -0.4 is 10.6 Å². The van der Waals surface area contributed by atoms with Gasteiger partial charge in [-0.2, -0.15) is 0 Å². The van der Waals surface area contributed by atoms with Crippen LogP contribution in [0.25, 0.3) is 0 Å². The molecule has 0 aliphatic rings. The van der Waals surface area contributed by atoms with Crippen molar-refractivity contribution in [3.05, 3.63) is 83.9 Å². The van der Waals surface area contributed by atoms with Crippen LogP contribution in [0.3, 0.4) is 0 Å². The zero-order valence-corrected chi connectivity index (χ0v) is 13.0. The quantitative estimate of drug-likeness (QED) is 0.729. The van der Waals surface area contributed by atoms with Gasteiger partial charge in [0.05, 0.1) is 5.56 Å². The summed E-state index contributed by atoms with van der Waals surface area (Å²) in [5.74, 6) is 0.283. The Labute approximate surface area is 140 Å². The van der Waals surface area contributed by atoms with Crippen LogP contribution in [0.4, 0.5) is 5.95 Å². The number of rotatable bonds is 6. The monoisotopic (exact) mass is 319 g/mol. The number of hydrogen-bond donors (Lipinski definition) is 2. The molecule has 3 aromatic rings. The van der Waals surface area contributed by atoms with Crippen molar-refractivity contribution in [3.63, 3.8) is 0 Å². The zero-order chi connectivity index (χ0) is 16.6. The van der Waals surface area contributed by atoms with E-state index >= 15 is 0 Å². The van der Waals surface area contributed by atoms with Crippen LogP contribution in [-0.2, 0) is 13.1 Å². The molecule has 0 aliphatic carbocycles. The van der Waals surface area contributed by atoms with E-state index in [1.54, 1.807) is 12.4 Å². The third-order valence-electron chi connectivity index (χ3n) is 3.41. The first-order valence-corrected chi connectivity index (χ1v) is 7.58. The average molecular weight is 319 g/mol. The second kappa shape index (κ2) is 7.82. The molecule has 6 nitrogen and oxygen atoms in total. The fourth-order valence-electron chi connectivity index (χ4n) is 2.10. The molecular formula is C18H17N5O. The Balaban J connectivity index is 1.53. The lowest BCUT2D eigenvalue weighted by Gasteiger charge is -2.07. The third kappa shape index (κ3) is 4.36. The Morgan fingerprint density at radius 3 is 2.25 bits per heavy atom. The molecule has 0 radical (unpaired) electrons. The zero-order valence-electron chi connectivity index (χ0n) is 13.0. The third-order valence-corrected chi connectivity index (χ3v) is 3.41. The molecule has 0 bridgehead atoms. The highest BCUT2D eigenvalue weighted by Crippen LogP contribution is 2.04. The van der Waals surface area contributed by atoms with Gasteiger partial charge in [0, 0.05) is 37.9 Å². The molecule has 0 saturated heterocycles. The first kappa shape index (κ1) is 15.6. The molecule has 0 unspecified atom stereocenters. The number of pyridine rings is 1. The van der Waals surface area contributed by atoms with Gasteiger partial charge in [0.15, 0.2) is 0 Å². The molecular weight excluding hydrogens is 302 g/mol. The van der Waals surface area contributed by atoms with Gasteiger partial charge in [-0.05, 0) is 23.3 Å². The lowest BCUT2D eigenvalue weighted by molar-refractivity contribution is 0.0950. The molecule has 1 amide bonds. The van der Waals surface area contributed by atoms with Crippen molar-refractivity contribution in [3.8, 4) is 0 Å². The minimum Gasteiger partial charge on any atom is -0.350 e. The van der Waals surface area contributed by atoms with Gasteiger partial charge in [-0.1, -0.05) is 30.3 Å². The lowest BCUT2D eigenvalue weighted by atomic mass is 10.2. The summed E-state index contributed by atoms with van der Waals surface area (Å²) in [6.07, 6.45) is 6.50. The second-order valence-electron chi connectivity index (χ2n) is 5.17. The first-order valence-electron chi connectivity index (χ1n) is 7.58. The van der Waals surface area contributed by atoms with E-state index in [1.165, 1.54) is 12.4 Å². The fraction of sp³-hybridized carbons (Fsp3) is 0.111. The molecule has 2 aromatic heterocycles. The Morgan fingerprint density at radius 1 is 0.875 bits per heavy atom. The van der Waals surface area contributed by atoms with Crippen molar-refractivity contribution in [2.24, 2.45) is 0 Å². The molecule has 0 fully saturated rings. The largest absolute Gasteiger partial charge is 0.350 e. The van der Waals surface area contributed by atoms with E-state index in [0.29, 0.717) is 24.6 Å². The van der Waals surface area contributed by atoms with Crippen molar-refractivity contribution >= 4 is 11.9 Å². The van der Waals surface area contributed by atoms with Crippen LogP contribution in [0.15, 0.2) is 67.3 Å². The molecule has 1 aromatic carbocycles. The molecule has 6 heteroatoms. The highest BCUT2D eigenvalue weighted by molar-refractivity contribution is 5.93. The standard InChI is InChI=1S/C18H17N5O/c24-17(20-10-14-4-2-1-3-5-14)16-12-22-18(23-13-16)21-11-15-6-8-19-9-7-15/h1-9,12-13H,10-11H2,(H,20,24)(H,21,22,23). The van der Waals surface area contributed by atoms with Crippen LogP contribution in [-0.4, -0.2) is 20.9 Å². The smallest absolute Gasteiger partial charge is 0.254 e. The molecule has 24 heavy (non-hydrogen) atoms. The van der Waals surface area contributed by atoms with Crippen molar-refractivity contribution in [2.45, 2.75) is 13.1 Å². The summed E-state index contributed by atoms with van der Waals surface area (Å²) in [4.78, 5) is 24.4. The average Bonchev–Trinajstić information content (AvgIpc) is 2.66. The molecule has 120 valence electrons. The van der Waals surface area contributed by atoms with E-state index in [-0.39, 0.29) is 5.91 Å². The van der Waals surface area contributed by atoms with Gasteiger partial charge in [0.2, 0.25) is 5.95 Å². The number of nitrogens with zero attached hydrogens (tertiary/aromatic N) is 3. The van der Waals surface area contributed by atoms with Crippen LogP contribution in [0.5, 0.6) is 0 Å². The lowest BCUT2D eigenvalue weighted by Crippen LogP contribution is -2.23. The maximum atomic E-state index is 12.1. The highest BCUT2D eigenvalue weighted by atomic mass is 16.1. The van der Waals surface area contributed by atoms with E-state index in [2.05, 4.69) is 25.6 Å². The minimum atomic E-state index is -0.195. The number of carbonyl (C=O) groups is 1. The normalized spacial score (nSPS) is 10.2.